The Balaban J connectivity index is 3.26. The molecule has 0 bridgehead atoms. The van der Waals surface area contributed by atoms with Crippen LogP contribution in [-0.4, -0.2) is 0 Å². The van der Waals surface area contributed by atoms with E-state index in [1.807, 2.05) is 0 Å². The molecule has 0 radical (unpaired) electrons. The Bertz CT molecular complexity index is 290. The van der Waals surface area contributed by atoms with Crippen molar-refractivity contribution in [2.24, 2.45) is 5.92 Å². The molecule has 0 aromatic rings. The van der Waals surface area contributed by atoms with E-state index in [2.05, 4.69) is 20.8 Å². The number of unbranched alkanes of at least 4 members (excludes halogenated alkanes) is 24. The highest BCUT2D eigenvalue weighted by Crippen LogP contribution is 2.22. The van der Waals surface area contributed by atoms with Gasteiger partial charge in [-0.2, -0.15) is 0 Å². The molecule has 0 spiro atoms. The fourth-order valence-electron chi connectivity index (χ4n) is 5.45. The second kappa shape index (κ2) is 30.0. The fourth-order valence-corrected chi connectivity index (χ4v) is 5.45. The number of rotatable bonds is 29. The van der Waals surface area contributed by atoms with Gasteiger partial charge in [0, 0.05) is 0 Å². The van der Waals surface area contributed by atoms with Crippen molar-refractivity contribution >= 4 is 0 Å². The standard InChI is InChI=1S/C33H68/c1-4-7-9-11-13-15-17-19-21-23-25-27-29-31-33(6-3)32-30-28-26-24-22-20-18-16-14-12-10-8-5-2/h33H,4-32H2,1-3H3. The van der Waals surface area contributed by atoms with Crippen LogP contribution in [-0.2, 0) is 0 Å². The highest BCUT2D eigenvalue weighted by atomic mass is 14.1. The van der Waals surface area contributed by atoms with E-state index in [0.717, 1.165) is 5.92 Å². The zero-order valence-electron chi connectivity index (χ0n) is 24.1. The highest BCUT2D eigenvalue weighted by molar-refractivity contribution is 4.59. The van der Waals surface area contributed by atoms with E-state index < -0.39 is 0 Å². The summed E-state index contributed by atoms with van der Waals surface area (Å²) in [6.07, 6.45) is 42.8. The summed E-state index contributed by atoms with van der Waals surface area (Å²) >= 11 is 0. The molecule has 0 aliphatic rings. The third kappa shape index (κ3) is 28.1. The maximum absolute atomic E-state index is 2.43. The minimum atomic E-state index is 1.02. The second-order valence-electron chi connectivity index (χ2n) is 11.3. The Kier molecular flexibility index (Phi) is 30.0. The van der Waals surface area contributed by atoms with Crippen molar-refractivity contribution in [1.29, 1.82) is 0 Å². The van der Waals surface area contributed by atoms with Crippen molar-refractivity contribution in [2.75, 3.05) is 0 Å². The molecule has 0 saturated heterocycles. The molecular weight excluding hydrogens is 396 g/mol. The second-order valence-corrected chi connectivity index (χ2v) is 11.3. The van der Waals surface area contributed by atoms with Crippen LogP contribution >= 0.6 is 0 Å². The van der Waals surface area contributed by atoms with Crippen LogP contribution in [0.3, 0.4) is 0 Å². The lowest BCUT2D eigenvalue weighted by molar-refractivity contribution is 0.392. The molecule has 0 heterocycles. The topological polar surface area (TPSA) is 0 Å². The summed E-state index contributed by atoms with van der Waals surface area (Å²) in [6, 6.07) is 0. The lowest BCUT2D eigenvalue weighted by Gasteiger charge is -2.14. The molecule has 0 aromatic heterocycles. The Morgan fingerprint density at radius 2 is 0.485 bits per heavy atom. The van der Waals surface area contributed by atoms with Crippen molar-refractivity contribution in [2.45, 2.75) is 207 Å². The Morgan fingerprint density at radius 3 is 0.697 bits per heavy atom. The molecule has 0 saturated carbocycles. The summed E-state index contributed by atoms with van der Waals surface area (Å²) in [4.78, 5) is 0. The molecule has 0 N–H and O–H groups in total. The van der Waals surface area contributed by atoms with Crippen LogP contribution < -0.4 is 0 Å². The van der Waals surface area contributed by atoms with Gasteiger partial charge in [-0.15, -0.1) is 0 Å². The van der Waals surface area contributed by atoms with Crippen molar-refractivity contribution in [1.82, 2.24) is 0 Å². The molecule has 0 aliphatic heterocycles. The SMILES string of the molecule is CCCCCCCCCCCCCCCC(CC)CCCCCCCCCCCCCCC. The third-order valence-corrected chi connectivity index (χ3v) is 8.01. The van der Waals surface area contributed by atoms with E-state index >= 15 is 0 Å². The molecular formula is C33H68. The van der Waals surface area contributed by atoms with Crippen LogP contribution in [0.1, 0.15) is 207 Å². The average molecular weight is 465 g/mol. The Hall–Kier alpha value is 0. The molecule has 0 heteroatoms. The first-order chi connectivity index (χ1) is 16.3. The first-order valence-electron chi connectivity index (χ1n) is 16.3. The molecule has 33 heavy (non-hydrogen) atoms. The van der Waals surface area contributed by atoms with Gasteiger partial charge in [0.25, 0.3) is 0 Å². The van der Waals surface area contributed by atoms with Gasteiger partial charge in [-0.05, 0) is 5.92 Å². The summed E-state index contributed by atoms with van der Waals surface area (Å²) < 4.78 is 0. The summed E-state index contributed by atoms with van der Waals surface area (Å²) in [6.45, 7) is 7.04. The first-order valence-corrected chi connectivity index (χ1v) is 16.3. The minimum absolute atomic E-state index is 1.02. The van der Waals surface area contributed by atoms with Gasteiger partial charge < -0.3 is 0 Å². The zero-order valence-corrected chi connectivity index (χ0v) is 24.1. The molecule has 200 valence electrons. The van der Waals surface area contributed by atoms with Crippen molar-refractivity contribution < 1.29 is 0 Å². The van der Waals surface area contributed by atoms with Gasteiger partial charge in [-0.3, -0.25) is 0 Å². The van der Waals surface area contributed by atoms with Gasteiger partial charge in [0.1, 0.15) is 0 Å². The monoisotopic (exact) mass is 465 g/mol. The van der Waals surface area contributed by atoms with Gasteiger partial charge in [0.15, 0.2) is 0 Å². The number of hydrogen-bond donors (Lipinski definition) is 0. The maximum atomic E-state index is 2.43. The first kappa shape index (κ1) is 33.0. The molecule has 0 amide bonds. The summed E-state index contributed by atoms with van der Waals surface area (Å²) in [5.74, 6) is 1.02. The lowest BCUT2D eigenvalue weighted by Crippen LogP contribution is -1.99. The van der Waals surface area contributed by atoms with Gasteiger partial charge >= 0.3 is 0 Å². The average Bonchev–Trinajstić information content (AvgIpc) is 2.83. The highest BCUT2D eigenvalue weighted by Gasteiger charge is 2.06. The van der Waals surface area contributed by atoms with Crippen LogP contribution in [0.4, 0.5) is 0 Å². The predicted octanol–water partition coefficient (Wildman–Crippen LogP) is 13.0. The van der Waals surface area contributed by atoms with E-state index in [1.165, 1.54) is 186 Å². The van der Waals surface area contributed by atoms with Gasteiger partial charge in [0.05, 0.1) is 0 Å². The third-order valence-electron chi connectivity index (χ3n) is 8.01. The molecule has 0 atom stereocenters. The van der Waals surface area contributed by atoms with Crippen molar-refractivity contribution in [3.05, 3.63) is 0 Å². The maximum Gasteiger partial charge on any atom is -0.0417 e. The van der Waals surface area contributed by atoms with E-state index in [1.54, 1.807) is 0 Å². The van der Waals surface area contributed by atoms with Crippen LogP contribution in [0.5, 0.6) is 0 Å². The Morgan fingerprint density at radius 1 is 0.273 bits per heavy atom. The van der Waals surface area contributed by atoms with Crippen LogP contribution in [0, 0.1) is 5.92 Å². The van der Waals surface area contributed by atoms with Gasteiger partial charge in [-0.1, -0.05) is 207 Å². The van der Waals surface area contributed by atoms with E-state index in [9.17, 15) is 0 Å². The van der Waals surface area contributed by atoms with Crippen molar-refractivity contribution in [3.8, 4) is 0 Å². The van der Waals surface area contributed by atoms with E-state index in [4.69, 9.17) is 0 Å². The fraction of sp³-hybridized carbons (Fsp3) is 1.00. The Labute approximate surface area is 212 Å². The molecule has 0 rings (SSSR count). The van der Waals surface area contributed by atoms with Crippen LogP contribution in [0.2, 0.25) is 0 Å². The zero-order chi connectivity index (χ0) is 24.1. The normalized spacial score (nSPS) is 11.6. The molecule has 0 aliphatic carbocycles. The molecule has 0 aromatic carbocycles. The van der Waals surface area contributed by atoms with Crippen LogP contribution in [0.25, 0.3) is 0 Å². The predicted molar refractivity (Wildman–Crippen MR) is 154 cm³/mol. The summed E-state index contributed by atoms with van der Waals surface area (Å²) in [5.41, 5.74) is 0. The van der Waals surface area contributed by atoms with E-state index in [0.29, 0.717) is 0 Å². The van der Waals surface area contributed by atoms with Gasteiger partial charge in [-0.25, -0.2) is 0 Å². The van der Waals surface area contributed by atoms with E-state index in [-0.39, 0.29) is 0 Å². The number of hydrogen-bond acceptors (Lipinski definition) is 0. The molecule has 0 fully saturated rings. The molecule has 0 unspecified atom stereocenters. The largest absolute Gasteiger partial charge is 0.0654 e. The quantitative estimate of drug-likeness (QED) is 0.0965. The lowest BCUT2D eigenvalue weighted by atomic mass is 9.92. The van der Waals surface area contributed by atoms with Gasteiger partial charge in [0.2, 0.25) is 0 Å². The minimum Gasteiger partial charge on any atom is -0.0654 e. The molecule has 0 nitrogen and oxygen atoms in total. The smallest absolute Gasteiger partial charge is 0.0417 e. The summed E-state index contributed by atoms with van der Waals surface area (Å²) in [7, 11) is 0. The van der Waals surface area contributed by atoms with Crippen LogP contribution in [0.15, 0.2) is 0 Å². The summed E-state index contributed by atoms with van der Waals surface area (Å²) in [5, 5.41) is 0. The van der Waals surface area contributed by atoms with Crippen molar-refractivity contribution in [3.63, 3.8) is 0 Å².